The van der Waals surface area contributed by atoms with Crippen LogP contribution in [0.4, 0.5) is 0 Å². The molecule has 0 spiro atoms. The Morgan fingerprint density at radius 2 is 2.20 bits per heavy atom. The zero-order valence-corrected chi connectivity index (χ0v) is 10.6. The minimum Gasteiger partial charge on any atom is -0.493 e. The van der Waals surface area contributed by atoms with Crippen LogP contribution in [0.3, 0.4) is 0 Å². The smallest absolute Gasteiger partial charge is 0.349 e. The molecule has 3 rings (SSSR count). The van der Waals surface area contributed by atoms with E-state index in [9.17, 15) is 14.7 Å². The van der Waals surface area contributed by atoms with Gasteiger partial charge in [-0.25, -0.2) is 14.2 Å². The van der Waals surface area contributed by atoms with Crippen LogP contribution >= 0.6 is 0 Å². The van der Waals surface area contributed by atoms with Gasteiger partial charge in [0.1, 0.15) is 0 Å². The largest absolute Gasteiger partial charge is 0.493 e. The fourth-order valence-electron chi connectivity index (χ4n) is 2.09. The molecule has 0 aliphatic rings. The number of aromatic hydroxyl groups is 1. The lowest BCUT2D eigenvalue weighted by atomic mass is 10.3. The maximum atomic E-state index is 11.9. The SMILES string of the molecule is CCOC(=O)c1c(O)n2c(nc3ccccc32)[nH]c1=O. The highest BCUT2D eigenvalue weighted by atomic mass is 16.5. The Bertz CT molecular complexity index is 878. The van der Waals surface area contributed by atoms with E-state index in [-0.39, 0.29) is 12.4 Å². The van der Waals surface area contributed by atoms with Gasteiger partial charge in [-0.05, 0) is 19.1 Å². The topological polar surface area (TPSA) is 96.7 Å². The van der Waals surface area contributed by atoms with Crippen molar-refractivity contribution in [3.05, 3.63) is 40.2 Å². The van der Waals surface area contributed by atoms with Crippen LogP contribution in [0.5, 0.6) is 5.88 Å². The van der Waals surface area contributed by atoms with Gasteiger partial charge in [0, 0.05) is 0 Å². The first-order valence-electron chi connectivity index (χ1n) is 6.03. The molecule has 0 radical (unpaired) electrons. The van der Waals surface area contributed by atoms with E-state index in [1.54, 1.807) is 31.2 Å². The molecule has 0 fully saturated rings. The lowest BCUT2D eigenvalue weighted by Gasteiger charge is -2.05. The molecule has 2 aromatic heterocycles. The molecule has 0 aliphatic carbocycles. The molecule has 1 aromatic carbocycles. The Morgan fingerprint density at radius 3 is 2.95 bits per heavy atom. The van der Waals surface area contributed by atoms with Gasteiger partial charge < -0.3 is 9.84 Å². The average Bonchev–Trinajstić information content (AvgIpc) is 2.76. The van der Waals surface area contributed by atoms with Gasteiger partial charge in [-0.3, -0.25) is 9.78 Å². The Labute approximate surface area is 112 Å². The molecule has 2 N–H and O–H groups in total. The highest BCUT2D eigenvalue weighted by molar-refractivity contribution is 5.92. The number of nitrogens with one attached hydrogen (secondary N) is 1. The molecule has 7 heteroatoms. The second kappa shape index (κ2) is 4.37. The number of aromatic nitrogens is 3. The Kier molecular flexibility index (Phi) is 2.67. The fraction of sp³-hybridized carbons (Fsp3) is 0.154. The maximum absolute atomic E-state index is 11.9. The zero-order chi connectivity index (χ0) is 14.3. The lowest BCUT2D eigenvalue weighted by Crippen LogP contribution is -2.21. The van der Waals surface area contributed by atoms with E-state index >= 15 is 0 Å². The van der Waals surface area contributed by atoms with Gasteiger partial charge in [0.25, 0.3) is 5.56 Å². The third-order valence-electron chi connectivity index (χ3n) is 2.93. The number of esters is 1. The van der Waals surface area contributed by atoms with Crippen LogP contribution in [0.25, 0.3) is 16.8 Å². The Balaban J connectivity index is 2.41. The Hall–Kier alpha value is -2.83. The predicted molar refractivity (Wildman–Crippen MR) is 70.9 cm³/mol. The molecule has 0 unspecified atom stereocenters. The standard InChI is InChI=1S/C13H11N3O4/c1-2-20-12(19)9-10(17)15-13-14-7-5-3-4-6-8(7)16(13)11(9)18/h3-6,18H,2H2,1H3,(H,14,15,17). The van der Waals surface area contributed by atoms with E-state index < -0.39 is 23.0 Å². The van der Waals surface area contributed by atoms with E-state index in [1.165, 1.54) is 4.40 Å². The number of H-pyrrole nitrogens is 1. The number of fused-ring (bicyclic) bond motifs is 3. The van der Waals surface area contributed by atoms with Gasteiger partial charge in [-0.15, -0.1) is 0 Å². The minimum absolute atomic E-state index is 0.112. The number of rotatable bonds is 2. The van der Waals surface area contributed by atoms with Crippen molar-refractivity contribution < 1.29 is 14.6 Å². The van der Waals surface area contributed by atoms with E-state index in [2.05, 4.69) is 9.97 Å². The van der Waals surface area contributed by atoms with E-state index in [0.717, 1.165) is 0 Å². The minimum atomic E-state index is -0.870. The van der Waals surface area contributed by atoms with Crippen molar-refractivity contribution in [1.82, 2.24) is 14.4 Å². The number of para-hydroxylation sites is 2. The molecule has 0 saturated carbocycles. The summed E-state index contributed by atoms with van der Waals surface area (Å²) in [7, 11) is 0. The molecule has 0 atom stereocenters. The van der Waals surface area contributed by atoms with Gasteiger partial charge in [0.15, 0.2) is 5.56 Å². The van der Waals surface area contributed by atoms with Gasteiger partial charge in [0.05, 0.1) is 17.6 Å². The van der Waals surface area contributed by atoms with Crippen LogP contribution in [-0.4, -0.2) is 32.1 Å². The normalized spacial score (nSPS) is 11.1. The molecule has 3 aromatic rings. The third-order valence-corrected chi connectivity index (χ3v) is 2.93. The maximum Gasteiger partial charge on any atom is 0.349 e. The summed E-state index contributed by atoms with van der Waals surface area (Å²) in [5.74, 6) is -1.18. The van der Waals surface area contributed by atoms with Crippen LogP contribution in [0.1, 0.15) is 17.3 Å². The number of hydrogen-bond donors (Lipinski definition) is 2. The predicted octanol–water partition coefficient (Wildman–Crippen LogP) is 1.06. The summed E-state index contributed by atoms with van der Waals surface area (Å²) in [6.07, 6.45) is 0. The van der Waals surface area contributed by atoms with E-state index in [4.69, 9.17) is 4.74 Å². The molecule has 20 heavy (non-hydrogen) atoms. The van der Waals surface area contributed by atoms with Gasteiger partial charge in [0.2, 0.25) is 11.7 Å². The molecule has 7 nitrogen and oxygen atoms in total. The molecule has 0 bridgehead atoms. The Morgan fingerprint density at radius 1 is 1.45 bits per heavy atom. The number of ether oxygens (including phenoxy) is 1. The van der Waals surface area contributed by atoms with E-state index in [0.29, 0.717) is 11.0 Å². The van der Waals surface area contributed by atoms with Crippen LogP contribution in [0, 0.1) is 0 Å². The monoisotopic (exact) mass is 273 g/mol. The number of hydrogen-bond acceptors (Lipinski definition) is 5. The lowest BCUT2D eigenvalue weighted by molar-refractivity contribution is 0.0520. The number of nitrogens with zero attached hydrogens (tertiary/aromatic N) is 2. The number of aromatic amines is 1. The second-order valence-electron chi connectivity index (χ2n) is 4.13. The summed E-state index contributed by atoms with van der Waals surface area (Å²) in [4.78, 5) is 30.3. The first-order valence-corrected chi connectivity index (χ1v) is 6.03. The quantitative estimate of drug-likeness (QED) is 0.680. The molecule has 0 saturated heterocycles. The van der Waals surface area contributed by atoms with Crippen molar-refractivity contribution >= 4 is 22.8 Å². The highest BCUT2D eigenvalue weighted by Crippen LogP contribution is 2.22. The van der Waals surface area contributed by atoms with Gasteiger partial charge in [-0.1, -0.05) is 12.1 Å². The summed E-state index contributed by atoms with van der Waals surface area (Å²) < 4.78 is 6.08. The molecular formula is C13H11N3O4. The summed E-state index contributed by atoms with van der Waals surface area (Å²) in [5.41, 5.74) is 0.0208. The van der Waals surface area contributed by atoms with Crippen molar-refractivity contribution in [2.45, 2.75) is 6.92 Å². The van der Waals surface area contributed by atoms with Crippen LogP contribution in [0.2, 0.25) is 0 Å². The van der Waals surface area contributed by atoms with Gasteiger partial charge >= 0.3 is 5.97 Å². The first-order chi connectivity index (χ1) is 9.63. The van der Waals surface area contributed by atoms with Crippen LogP contribution in [-0.2, 0) is 4.74 Å². The van der Waals surface area contributed by atoms with Crippen molar-refractivity contribution in [3.63, 3.8) is 0 Å². The van der Waals surface area contributed by atoms with Crippen molar-refractivity contribution in [2.75, 3.05) is 6.61 Å². The van der Waals surface area contributed by atoms with Crippen molar-refractivity contribution in [1.29, 1.82) is 0 Å². The van der Waals surface area contributed by atoms with Crippen molar-refractivity contribution in [2.24, 2.45) is 0 Å². The average molecular weight is 273 g/mol. The van der Waals surface area contributed by atoms with E-state index in [1.807, 2.05) is 0 Å². The molecular weight excluding hydrogens is 262 g/mol. The second-order valence-corrected chi connectivity index (χ2v) is 4.13. The first kappa shape index (κ1) is 12.2. The van der Waals surface area contributed by atoms with Crippen LogP contribution < -0.4 is 5.56 Å². The zero-order valence-electron chi connectivity index (χ0n) is 10.6. The molecule has 0 amide bonds. The number of carbonyl (C=O) groups is 1. The number of carbonyl (C=O) groups excluding carboxylic acids is 1. The summed E-state index contributed by atoms with van der Waals surface area (Å²) in [5, 5.41) is 10.2. The molecule has 0 aliphatic heterocycles. The number of benzene rings is 1. The van der Waals surface area contributed by atoms with Gasteiger partial charge in [-0.2, -0.15) is 0 Å². The van der Waals surface area contributed by atoms with Crippen LogP contribution in [0.15, 0.2) is 29.1 Å². The number of imidazole rings is 1. The summed E-state index contributed by atoms with van der Waals surface area (Å²) >= 11 is 0. The highest BCUT2D eigenvalue weighted by Gasteiger charge is 2.22. The van der Waals surface area contributed by atoms with Crippen molar-refractivity contribution in [3.8, 4) is 5.88 Å². The molecule has 2 heterocycles. The summed E-state index contributed by atoms with van der Waals surface area (Å²) in [6.45, 7) is 1.73. The third kappa shape index (κ3) is 1.63. The fourth-order valence-corrected chi connectivity index (χ4v) is 2.09. The molecule has 102 valence electrons. The summed E-state index contributed by atoms with van der Waals surface area (Å²) in [6, 6.07) is 7.02.